The van der Waals surface area contributed by atoms with Crippen molar-refractivity contribution in [1.82, 2.24) is 4.57 Å². The van der Waals surface area contributed by atoms with Crippen LogP contribution in [0.1, 0.15) is 0 Å². The van der Waals surface area contributed by atoms with E-state index in [1.807, 2.05) is 12.2 Å². The molecule has 11 heavy (non-hydrogen) atoms. The molecular weight excluding hydrogens is 182 g/mol. The van der Waals surface area contributed by atoms with Crippen molar-refractivity contribution in [2.24, 2.45) is 0 Å². The van der Waals surface area contributed by atoms with Gasteiger partial charge in [-0.2, -0.15) is 0 Å². The molecule has 0 aliphatic heterocycles. The molecule has 1 heterocycles. The average molecular weight is 190 g/mol. The van der Waals surface area contributed by atoms with Gasteiger partial charge in [0.1, 0.15) is 0 Å². The lowest BCUT2D eigenvalue weighted by molar-refractivity contribution is 0.805. The van der Waals surface area contributed by atoms with Crippen molar-refractivity contribution in [3.8, 4) is 0 Å². The van der Waals surface area contributed by atoms with Crippen LogP contribution >= 0.6 is 22.9 Å². The smallest absolute Gasteiger partial charge is 0.302 e. The van der Waals surface area contributed by atoms with Crippen LogP contribution in [0.4, 0.5) is 0 Å². The predicted octanol–water partition coefficient (Wildman–Crippen LogP) is 1.70. The molecule has 0 bridgehead atoms. The number of alkyl halides is 1. The number of hydrogen-bond acceptors (Lipinski definition) is 2. The minimum absolute atomic E-state index is 0.0734. The number of allylic oxidation sites excluding steroid dienone is 2. The molecule has 2 nitrogen and oxygen atoms in total. The van der Waals surface area contributed by atoms with Gasteiger partial charge in [-0.15, -0.1) is 11.6 Å². The number of hydrogen-bond donors (Lipinski definition) is 0. The molecular formula is C7H8ClNOS. The number of rotatable bonds is 3. The molecule has 0 atom stereocenters. The Morgan fingerprint density at radius 1 is 1.64 bits per heavy atom. The Labute approximate surface area is 73.7 Å². The van der Waals surface area contributed by atoms with E-state index < -0.39 is 0 Å². The summed E-state index contributed by atoms with van der Waals surface area (Å²) >= 11 is 6.61. The summed E-state index contributed by atoms with van der Waals surface area (Å²) in [6, 6.07) is 0. The van der Waals surface area contributed by atoms with E-state index in [4.69, 9.17) is 11.6 Å². The molecule has 1 rings (SSSR count). The summed E-state index contributed by atoms with van der Waals surface area (Å²) in [7, 11) is 0. The molecule has 0 saturated heterocycles. The fourth-order valence-corrected chi connectivity index (χ4v) is 1.40. The van der Waals surface area contributed by atoms with Crippen molar-refractivity contribution in [1.29, 1.82) is 0 Å². The number of nitrogens with zero attached hydrogens (tertiary/aromatic N) is 1. The minimum Gasteiger partial charge on any atom is -0.302 e. The highest BCUT2D eigenvalue weighted by Gasteiger charge is 1.90. The molecule has 0 unspecified atom stereocenters. The Morgan fingerprint density at radius 2 is 2.45 bits per heavy atom. The highest BCUT2D eigenvalue weighted by atomic mass is 35.5. The summed E-state index contributed by atoms with van der Waals surface area (Å²) in [6.07, 6.45) is 5.47. The van der Waals surface area contributed by atoms with Crippen molar-refractivity contribution >= 4 is 22.9 Å². The normalized spacial score (nSPS) is 11.0. The van der Waals surface area contributed by atoms with Gasteiger partial charge in [-0.3, -0.25) is 4.79 Å². The standard InChI is InChI=1S/C7H8ClNOS/c8-3-1-2-4-9-5-6-11-7(9)10/h1-2,5-6H,3-4H2. The highest BCUT2D eigenvalue weighted by molar-refractivity contribution is 7.07. The summed E-state index contributed by atoms with van der Waals surface area (Å²) < 4.78 is 1.63. The topological polar surface area (TPSA) is 22.0 Å². The van der Waals surface area contributed by atoms with Gasteiger partial charge in [0.25, 0.3) is 0 Å². The summed E-state index contributed by atoms with van der Waals surface area (Å²) in [4.78, 5) is 11.0. The third-order valence-corrected chi connectivity index (χ3v) is 2.07. The second-order valence-corrected chi connectivity index (χ2v) is 3.11. The third-order valence-electron chi connectivity index (χ3n) is 1.20. The Hall–Kier alpha value is -0.540. The molecule has 0 saturated carbocycles. The highest BCUT2D eigenvalue weighted by Crippen LogP contribution is 1.89. The van der Waals surface area contributed by atoms with E-state index >= 15 is 0 Å². The van der Waals surface area contributed by atoms with E-state index in [-0.39, 0.29) is 4.87 Å². The fourth-order valence-electron chi connectivity index (χ4n) is 0.677. The zero-order valence-corrected chi connectivity index (χ0v) is 7.44. The minimum atomic E-state index is 0.0734. The van der Waals surface area contributed by atoms with Gasteiger partial charge in [-0.05, 0) is 0 Å². The van der Waals surface area contributed by atoms with Crippen molar-refractivity contribution in [2.75, 3.05) is 5.88 Å². The Balaban J connectivity index is 2.58. The van der Waals surface area contributed by atoms with Gasteiger partial charge in [-0.25, -0.2) is 0 Å². The van der Waals surface area contributed by atoms with Crippen molar-refractivity contribution < 1.29 is 0 Å². The van der Waals surface area contributed by atoms with Gasteiger partial charge in [0.05, 0.1) is 0 Å². The summed E-state index contributed by atoms with van der Waals surface area (Å²) in [5.74, 6) is 0.499. The van der Waals surface area contributed by atoms with Crippen LogP contribution in [0.3, 0.4) is 0 Å². The molecule has 0 radical (unpaired) electrons. The van der Waals surface area contributed by atoms with Gasteiger partial charge < -0.3 is 4.57 Å². The number of aromatic nitrogens is 1. The molecule has 0 aromatic carbocycles. The zero-order chi connectivity index (χ0) is 8.10. The predicted molar refractivity (Wildman–Crippen MR) is 48.4 cm³/mol. The second-order valence-electron chi connectivity index (χ2n) is 1.95. The Morgan fingerprint density at radius 3 is 3.00 bits per heavy atom. The van der Waals surface area contributed by atoms with E-state index in [2.05, 4.69) is 0 Å². The van der Waals surface area contributed by atoms with Crippen LogP contribution in [0.5, 0.6) is 0 Å². The van der Waals surface area contributed by atoms with Crippen LogP contribution in [0.2, 0.25) is 0 Å². The van der Waals surface area contributed by atoms with Crippen molar-refractivity contribution in [2.45, 2.75) is 6.54 Å². The molecule has 1 aromatic rings. The molecule has 0 spiro atoms. The van der Waals surface area contributed by atoms with Gasteiger partial charge in [0, 0.05) is 24.0 Å². The number of halogens is 1. The lowest BCUT2D eigenvalue weighted by Crippen LogP contribution is -2.09. The quantitative estimate of drug-likeness (QED) is 0.524. The SMILES string of the molecule is O=c1sccn1CC=CCCl. The van der Waals surface area contributed by atoms with Crippen LogP contribution in [-0.4, -0.2) is 10.4 Å². The molecule has 0 fully saturated rings. The van der Waals surface area contributed by atoms with Gasteiger partial charge >= 0.3 is 4.87 Å². The summed E-state index contributed by atoms with van der Waals surface area (Å²) in [5.41, 5.74) is 0. The molecule has 4 heteroatoms. The van der Waals surface area contributed by atoms with Crippen LogP contribution in [-0.2, 0) is 6.54 Å². The van der Waals surface area contributed by atoms with E-state index in [1.54, 1.807) is 16.1 Å². The lowest BCUT2D eigenvalue weighted by Gasteiger charge is -1.91. The largest absolute Gasteiger partial charge is 0.307 e. The van der Waals surface area contributed by atoms with Gasteiger partial charge in [0.2, 0.25) is 0 Å². The van der Waals surface area contributed by atoms with E-state index in [0.29, 0.717) is 12.4 Å². The van der Waals surface area contributed by atoms with Crippen LogP contribution in [0.25, 0.3) is 0 Å². The first-order valence-corrected chi connectivity index (χ1v) is 4.61. The van der Waals surface area contributed by atoms with Gasteiger partial charge in [0.15, 0.2) is 0 Å². The lowest BCUT2D eigenvalue weighted by atomic mass is 10.5. The maximum absolute atomic E-state index is 10.9. The number of thiazole rings is 1. The molecule has 0 aliphatic carbocycles. The van der Waals surface area contributed by atoms with Crippen LogP contribution in [0, 0.1) is 0 Å². The van der Waals surface area contributed by atoms with E-state index in [1.165, 1.54) is 11.3 Å². The van der Waals surface area contributed by atoms with Crippen LogP contribution in [0.15, 0.2) is 28.5 Å². The zero-order valence-electron chi connectivity index (χ0n) is 5.87. The summed E-state index contributed by atoms with van der Waals surface area (Å²) in [6.45, 7) is 0.620. The third kappa shape index (κ3) is 2.52. The fraction of sp³-hybridized carbons (Fsp3) is 0.286. The molecule has 0 aliphatic rings. The van der Waals surface area contributed by atoms with Gasteiger partial charge in [-0.1, -0.05) is 23.5 Å². The van der Waals surface area contributed by atoms with Crippen molar-refractivity contribution in [3.05, 3.63) is 33.4 Å². The van der Waals surface area contributed by atoms with Crippen molar-refractivity contribution in [3.63, 3.8) is 0 Å². The average Bonchev–Trinajstić information content (AvgIpc) is 2.37. The molecule has 1 aromatic heterocycles. The monoisotopic (exact) mass is 189 g/mol. The van der Waals surface area contributed by atoms with E-state index in [0.717, 1.165) is 0 Å². The first-order chi connectivity index (χ1) is 5.34. The molecule has 60 valence electrons. The first kappa shape index (κ1) is 8.56. The maximum atomic E-state index is 10.9. The summed E-state index contributed by atoms with van der Waals surface area (Å²) in [5, 5.41) is 1.77. The molecule has 0 amide bonds. The van der Waals surface area contributed by atoms with Crippen LogP contribution < -0.4 is 4.87 Å². The first-order valence-electron chi connectivity index (χ1n) is 3.19. The Kier molecular flexibility index (Phi) is 3.39. The molecule has 0 N–H and O–H groups in total. The maximum Gasteiger partial charge on any atom is 0.307 e. The second kappa shape index (κ2) is 4.36. The van der Waals surface area contributed by atoms with E-state index in [9.17, 15) is 4.79 Å². The Bertz CT molecular complexity index is 289.